The summed E-state index contributed by atoms with van der Waals surface area (Å²) in [6, 6.07) is 0.649. The Bertz CT molecular complexity index is 688. The van der Waals surface area contributed by atoms with Crippen molar-refractivity contribution in [3.05, 3.63) is 30.5 Å². The standard InChI is InChI=1S/C15H18N6O2S/c1-23-14(22)12-7-17-13(8-16-12)20-9-3-10(4-9)21-15-18-5-11(24-2)6-19-15/h5-10H,3-4H2,1-2H3,(H,17,20)(H,18,19,21). The highest BCUT2D eigenvalue weighted by molar-refractivity contribution is 7.98. The Balaban J connectivity index is 1.45. The van der Waals surface area contributed by atoms with E-state index < -0.39 is 5.97 Å². The average molecular weight is 346 g/mol. The molecule has 8 nitrogen and oxygen atoms in total. The molecule has 0 atom stereocenters. The van der Waals surface area contributed by atoms with E-state index >= 15 is 0 Å². The van der Waals surface area contributed by atoms with Crippen molar-refractivity contribution in [1.82, 2.24) is 19.9 Å². The number of hydrogen-bond donors (Lipinski definition) is 2. The molecule has 2 N–H and O–H groups in total. The zero-order chi connectivity index (χ0) is 16.9. The van der Waals surface area contributed by atoms with Gasteiger partial charge in [-0.1, -0.05) is 0 Å². The van der Waals surface area contributed by atoms with Crippen LogP contribution in [0, 0.1) is 0 Å². The maximum Gasteiger partial charge on any atom is 0.358 e. The van der Waals surface area contributed by atoms with Crippen LogP contribution in [0.3, 0.4) is 0 Å². The van der Waals surface area contributed by atoms with Gasteiger partial charge in [0.05, 0.1) is 19.5 Å². The fourth-order valence-corrected chi connectivity index (χ4v) is 2.67. The number of ether oxygens (including phenoxy) is 1. The quantitative estimate of drug-likeness (QED) is 0.599. The maximum absolute atomic E-state index is 11.3. The van der Waals surface area contributed by atoms with E-state index in [0.29, 0.717) is 23.8 Å². The largest absolute Gasteiger partial charge is 0.464 e. The second kappa shape index (κ2) is 7.43. The molecule has 0 aromatic carbocycles. The smallest absolute Gasteiger partial charge is 0.358 e. The predicted octanol–water partition coefficient (Wildman–Crippen LogP) is 1.83. The van der Waals surface area contributed by atoms with Crippen LogP contribution in [0.1, 0.15) is 23.3 Å². The van der Waals surface area contributed by atoms with Gasteiger partial charge in [-0.15, -0.1) is 11.8 Å². The highest BCUT2D eigenvalue weighted by atomic mass is 32.2. The molecule has 1 aliphatic carbocycles. The second-order valence-electron chi connectivity index (χ2n) is 5.38. The molecule has 0 aliphatic heterocycles. The van der Waals surface area contributed by atoms with E-state index in [2.05, 4.69) is 35.3 Å². The number of anilines is 2. The van der Waals surface area contributed by atoms with Crippen LogP contribution in [0.25, 0.3) is 0 Å². The van der Waals surface area contributed by atoms with E-state index in [0.717, 1.165) is 17.7 Å². The Morgan fingerprint density at radius 1 is 1.08 bits per heavy atom. The molecule has 0 radical (unpaired) electrons. The number of carbonyl (C=O) groups excluding carboxylic acids is 1. The number of methoxy groups -OCH3 is 1. The summed E-state index contributed by atoms with van der Waals surface area (Å²) in [5.74, 6) is 0.805. The molecule has 0 amide bonds. The van der Waals surface area contributed by atoms with E-state index in [9.17, 15) is 4.79 Å². The highest BCUT2D eigenvalue weighted by Gasteiger charge is 2.29. The van der Waals surface area contributed by atoms with Crippen molar-refractivity contribution in [3.63, 3.8) is 0 Å². The van der Waals surface area contributed by atoms with Gasteiger partial charge < -0.3 is 15.4 Å². The molecule has 1 saturated carbocycles. The van der Waals surface area contributed by atoms with Gasteiger partial charge in [0.15, 0.2) is 5.69 Å². The van der Waals surface area contributed by atoms with E-state index in [1.807, 2.05) is 18.6 Å². The summed E-state index contributed by atoms with van der Waals surface area (Å²) in [5.41, 5.74) is 0.196. The third-order valence-electron chi connectivity index (χ3n) is 3.73. The second-order valence-corrected chi connectivity index (χ2v) is 6.26. The van der Waals surface area contributed by atoms with Gasteiger partial charge in [-0.05, 0) is 19.1 Å². The molecule has 0 saturated heterocycles. The van der Waals surface area contributed by atoms with Crippen LogP contribution in [0.5, 0.6) is 0 Å². The Morgan fingerprint density at radius 3 is 2.38 bits per heavy atom. The number of nitrogens with zero attached hydrogens (tertiary/aromatic N) is 4. The van der Waals surface area contributed by atoms with Crippen LogP contribution in [-0.4, -0.2) is 51.4 Å². The lowest BCUT2D eigenvalue weighted by Gasteiger charge is -2.36. The highest BCUT2D eigenvalue weighted by Crippen LogP contribution is 2.26. The summed E-state index contributed by atoms with van der Waals surface area (Å²) >= 11 is 1.62. The first-order valence-electron chi connectivity index (χ1n) is 7.47. The van der Waals surface area contributed by atoms with Gasteiger partial charge in [-0.2, -0.15) is 0 Å². The van der Waals surface area contributed by atoms with Gasteiger partial charge in [0.25, 0.3) is 0 Å². The zero-order valence-corrected chi connectivity index (χ0v) is 14.2. The minimum absolute atomic E-state index is 0.196. The molecule has 126 valence electrons. The van der Waals surface area contributed by atoms with Crippen molar-refractivity contribution in [1.29, 1.82) is 0 Å². The summed E-state index contributed by atoms with van der Waals surface area (Å²) in [4.78, 5) is 29.1. The Kier molecular flexibility index (Phi) is 5.09. The molecular formula is C15H18N6O2S. The van der Waals surface area contributed by atoms with E-state index in [-0.39, 0.29) is 5.69 Å². The normalized spacial score (nSPS) is 19.2. The SMILES string of the molecule is COC(=O)c1cnc(NC2CC(Nc3ncc(SC)cn3)C2)cn1. The Hall–Kier alpha value is -2.42. The number of hydrogen-bond acceptors (Lipinski definition) is 9. The van der Waals surface area contributed by atoms with Gasteiger partial charge in [0, 0.05) is 29.4 Å². The lowest BCUT2D eigenvalue weighted by molar-refractivity contribution is 0.0593. The van der Waals surface area contributed by atoms with E-state index in [1.54, 1.807) is 11.8 Å². The summed E-state index contributed by atoms with van der Waals surface area (Å²) in [7, 11) is 1.32. The number of nitrogens with one attached hydrogen (secondary N) is 2. The number of rotatable bonds is 6. The zero-order valence-electron chi connectivity index (χ0n) is 13.4. The lowest BCUT2D eigenvalue weighted by atomic mass is 9.87. The fourth-order valence-electron chi connectivity index (χ4n) is 2.35. The van der Waals surface area contributed by atoms with Crippen molar-refractivity contribution in [2.75, 3.05) is 24.0 Å². The number of carbonyl (C=O) groups is 1. The number of esters is 1. The molecular weight excluding hydrogens is 328 g/mol. The monoisotopic (exact) mass is 346 g/mol. The van der Waals surface area contributed by atoms with Gasteiger partial charge in [0.1, 0.15) is 5.82 Å². The first-order valence-corrected chi connectivity index (χ1v) is 8.70. The predicted molar refractivity (Wildman–Crippen MR) is 91.2 cm³/mol. The van der Waals surface area contributed by atoms with Crippen molar-refractivity contribution in [2.45, 2.75) is 29.8 Å². The summed E-state index contributed by atoms with van der Waals surface area (Å²) in [6.45, 7) is 0. The van der Waals surface area contributed by atoms with Crippen molar-refractivity contribution in [3.8, 4) is 0 Å². The third kappa shape index (κ3) is 3.91. The molecule has 2 aromatic rings. The molecule has 3 rings (SSSR count). The maximum atomic E-state index is 11.3. The summed E-state index contributed by atoms with van der Waals surface area (Å²) in [5, 5.41) is 6.60. The van der Waals surface area contributed by atoms with Crippen molar-refractivity contribution in [2.24, 2.45) is 0 Å². The molecule has 1 aliphatic rings. The minimum Gasteiger partial charge on any atom is -0.464 e. The van der Waals surface area contributed by atoms with Crippen LogP contribution in [-0.2, 0) is 4.74 Å². The first-order chi connectivity index (χ1) is 11.7. The lowest BCUT2D eigenvalue weighted by Crippen LogP contribution is -2.44. The fraction of sp³-hybridized carbons (Fsp3) is 0.400. The van der Waals surface area contributed by atoms with Crippen LogP contribution in [0.2, 0.25) is 0 Å². The van der Waals surface area contributed by atoms with E-state index in [4.69, 9.17) is 0 Å². The van der Waals surface area contributed by atoms with Crippen molar-refractivity contribution < 1.29 is 9.53 Å². The molecule has 24 heavy (non-hydrogen) atoms. The van der Waals surface area contributed by atoms with Crippen molar-refractivity contribution >= 4 is 29.5 Å². The van der Waals surface area contributed by atoms with Crippen LogP contribution < -0.4 is 10.6 Å². The Labute approximate surface area is 143 Å². The topological polar surface area (TPSA) is 102 Å². The van der Waals surface area contributed by atoms with E-state index in [1.165, 1.54) is 19.5 Å². The molecule has 0 unspecified atom stereocenters. The summed E-state index contributed by atoms with van der Waals surface area (Å²) in [6.07, 6.45) is 10.4. The average Bonchev–Trinajstić information content (AvgIpc) is 2.60. The molecule has 1 fully saturated rings. The van der Waals surface area contributed by atoms with Gasteiger partial charge >= 0.3 is 5.97 Å². The molecule has 2 heterocycles. The van der Waals surface area contributed by atoms with Gasteiger partial charge in [-0.3, -0.25) is 0 Å². The van der Waals surface area contributed by atoms with Gasteiger partial charge in [-0.25, -0.2) is 24.7 Å². The third-order valence-corrected chi connectivity index (χ3v) is 4.42. The first kappa shape index (κ1) is 16.4. The van der Waals surface area contributed by atoms with Crippen LogP contribution >= 0.6 is 11.8 Å². The number of thioether (sulfide) groups is 1. The molecule has 9 heteroatoms. The summed E-state index contributed by atoms with van der Waals surface area (Å²) < 4.78 is 4.59. The minimum atomic E-state index is -0.491. The molecule has 0 spiro atoms. The number of aromatic nitrogens is 4. The van der Waals surface area contributed by atoms with Crippen LogP contribution in [0.4, 0.5) is 11.8 Å². The Morgan fingerprint density at radius 2 is 1.79 bits per heavy atom. The van der Waals surface area contributed by atoms with Gasteiger partial charge in [0.2, 0.25) is 5.95 Å². The molecule has 2 aromatic heterocycles. The molecule has 0 bridgehead atoms. The van der Waals surface area contributed by atoms with Crippen LogP contribution in [0.15, 0.2) is 29.7 Å².